The summed E-state index contributed by atoms with van der Waals surface area (Å²) in [6, 6.07) is -0.799. The van der Waals surface area contributed by atoms with E-state index in [0.29, 0.717) is 37.5 Å². The molecule has 2 amide bonds. The highest BCUT2D eigenvalue weighted by atomic mass is 16.5. The Bertz CT molecular complexity index is 719. The van der Waals surface area contributed by atoms with Crippen LogP contribution in [0.3, 0.4) is 0 Å². The quantitative estimate of drug-likeness (QED) is 0.662. The van der Waals surface area contributed by atoms with E-state index in [4.69, 9.17) is 9.47 Å². The van der Waals surface area contributed by atoms with Crippen LogP contribution in [0.1, 0.15) is 51.9 Å². The Morgan fingerprint density at radius 1 is 1.03 bits per heavy atom. The number of nitrogens with zero attached hydrogens (tertiary/aromatic N) is 2. The summed E-state index contributed by atoms with van der Waals surface area (Å²) < 4.78 is 10.8. The smallest absolute Gasteiger partial charge is 0.329 e. The highest BCUT2D eigenvalue weighted by molar-refractivity contribution is 5.90. The van der Waals surface area contributed by atoms with Crippen molar-refractivity contribution in [3.05, 3.63) is 0 Å². The molecule has 4 aliphatic carbocycles. The topological polar surface area (TPSA) is 96.4 Å². The van der Waals surface area contributed by atoms with E-state index in [0.717, 1.165) is 19.3 Å². The van der Waals surface area contributed by atoms with Crippen molar-refractivity contribution in [1.29, 1.82) is 0 Å². The van der Waals surface area contributed by atoms with Gasteiger partial charge in [0.1, 0.15) is 6.04 Å². The maximum atomic E-state index is 13.7. The van der Waals surface area contributed by atoms with E-state index in [1.807, 2.05) is 6.92 Å². The van der Waals surface area contributed by atoms with Gasteiger partial charge in [0.15, 0.2) is 6.61 Å². The maximum absolute atomic E-state index is 13.7. The standard InChI is InChI=1S/C23H34N2O6/c1-14-11-24(2-3-30-14)20(27)13-31-21(28)19-7-18(26)12-25(19)22(29)23-8-15-4-16(9-23)6-17(5-15)10-23/h14-19,26H,2-13H2,1H3/t14?,15?,16?,17?,18?,19-,23?/m0/s1. The van der Waals surface area contributed by atoms with E-state index < -0.39 is 18.1 Å². The Morgan fingerprint density at radius 2 is 1.68 bits per heavy atom. The molecule has 6 aliphatic rings. The zero-order valence-electron chi connectivity index (χ0n) is 18.3. The third kappa shape index (κ3) is 3.97. The second kappa shape index (κ2) is 8.03. The van der Waals surface area contributed by atoms with Crippen LogP contribution < -0.4 is 0 Å². The zero-order valence-corrected chi connectivity index (χ0v) is 18.3. The molecule has 0 aromatic heterocycles. The van der Waals surface area contributed by atoms with Crippen molar-refractivity contribution in [3.8, 4) is 0 Å². The van der Waals surface area contributed by atoms with Gasteiger partial charge in [-0.15, -0.1) is 0 Å². The van der Waals surface area contributed by atoms with Crippen molar-refractivity contribution in [2.75, 3.05) is 32.8 Å². The highest BCUT2D eigenvalue weighted by Crippen LogP contribution is 2.60. The summed E-state index contributed by atoms with van der Waals surface area (Å²) in [5.41, 5.74) is -0.364. The lowest BCUT2D eigenvalue weighted by molar-refractivity contribution is -0.167. The van der Waals surface area contributed by atoms with Gasteiger partial charge in [0.05, 0.1) is 24.2 Å². The predicted octanol–water partition coefficient (Wildman–Crippen LogP) is 0.955. The number of likely N-dealkylation sites (tertiary alicyclic amines) is 1. The van der Waals surface area contributed by atoms with Crippen LogP contribution in [-0.4, -0.2) is 83.8 Å². The molecule has 0 spiro atoms. The van der Waals surface area contributed by atoms with E-state index in [1.165, 1.54) is 19.3 Å². The van der Waals surface area contributed by atoms with Crippen LogP contribution in [0.2, 0.25) is 0 Å². The van der Waals surface area contributed by atoms with Crippen LogP contribution >= 0.6 is 0 Å². The largest absolute Gasteiger partial charge is 0.454 e. The first-order valence-electron chi connectivity index (χ1n) is 11.9. The third-order valence-electron chi connectivity index (χ3n) is 8.24. The molecular formula is C23H34N2O6. The number of hydrogen-bond donors (Lipinski definition) is 1. The monoisotopic (exact) mass is 434 g/mol. The van der Waals surface area contributed by atoms with Gasteiger partial charge in [-0.3, -0.25) is 9.59 Å². The van der Waals surface area contributed by atoms with Crippen molar-refractivity contribution < 1.29 is 29.0 Å². The summed E-state index contributed by atoms with van der Waals surface area (Å²) in [6.07, 6.45) is 5.88. The normalized spacial score (nSPS) is 41.5. The van der Waals surface area contributed by atoms with Gasteiger partial charge in [0.25, 0.3) is 5.91 Å². The van der Waals surface area contributed by atoms with Crippen molar-refractivity contribution in [1.82, 2.24) is 9.80 Å². The number of amides is 2. The number of rotatable bonds is 4. The first-order chi connectivity index (χ1) is 14.8. The van der Waals surface area contributed by atoms with Crippen LogP contribution in [0.4, 0.5) is 0 Å². The molecule has 2 unspecified atom stereocenters. The van der Waals surface area contributed by atoms with Gasteiger partial charge >= 0.3 is 5.97 Å². The Labute approximate surface area is 183 Å². The van der Waals surface area contributed by atoms with Gasteiger partial charge < -0.3 is 24.4 Å². The molecule has 0 aromatic rings. The molecule has 31 heavy (non-hydrogen) atoms. The predicted molar refractivity (Wildman–Crippen MR) is 110 cm³/mol. The van der Waals surface area contributed by atoms with Crippen molar-refractivity contribution >= 4 is 17.8 Å². The van der Waals surface area contributed by atoms with Crippen LogP contribution in [0.5, 0.6) is 0 Å². The maximum Gasteiger partial charge on any atom is 0.329 e. The highest BCUT2D eigenvalue weighted by Gasteiger charge is 2.57. The molecule has 8 nitrogen and oxygen atoms in total. The molecule has 3 atom stereocenters. The number of ether oxygens (including phenoxy) is 2. The number of hydrogen-bond acceptors (Lipinski definition) is 6. The first-order valence-corrected chi connectivity index (χ1v) is 11.9. The summed E-state index contributed by atoms with van der Waals surface area (Å²) in [5.74, 6) is 1.08. The number of esters is 1. The number of β-amino-alcohol motifs (C(OH)–C–C–N with tert-alkyl or cyclic N) is 1. The lowest BCUT2D eigenvalue weighted by Crippen LogP contribution is -2.56. The summed E-state index contributed by atoms with van der Waals surface area (Å²) in [4.78, 5) is 42.2. The van der Waals surface area contributed by atoms with Gasteiger partial charge in [-0.25, -0.2) is 4.79 Å². The minimum Gasteiger partial charge on any atom is -0.454 e. The Kier molecular flexibility index (Phi) is 5.49. The molecule has 6 rings (SSSR count). The molecule has 172 valence electrons. The lowest BCUT2D eigenvalue weighted by atomic mass is 9.49. The fourth-order valence-corrected chi connectivity index (χ4v) is 7.30. The fourth-order valence-electron chi connectivity index (χ4n) is 7.30. The molecular weight excluding hydrogens is 400 g/mol. The van der Waals surface area contributed by atoms with Crippen LogP contribution in [0.25, 0.3) is 0 Å². The lowest BCUT2D eigenvalue weighted by Gasteiger charge is -2.56. The summed E-state index contributed by atoms with van der Waals surface area (Å²) in [7, 11) is 0. The number of morpholine rings is 1. The van der Waals surface area contributed by atoms with Gasteiger partial charge in [0, 0.05) is 26.1 Å². The fraction of sp³-hybridized carbons (Fsp3) is 0.870. The van der Waals surface area contributed by atoms with E-state index >= 15 is 0 Å². The average molecular weight is 435 g/mol. The van der Waals surface area contributed by atoms with Crippen LogP contribution in [0, 0.1) is 23.2 Å². The SMILES string of the molecule is CC1CN(C(=O)COC(=O)[C@@H]2CC(O)CN2C(=O)C23CC4CC(CC(C4)C2)C3)CCO1. The van der Waals surface area contributed by atoms with Gasteiger partial charge in [-0.1, -0.05) is 0 Å². The molecule has 1 N–H and O–H groups in total. The zero-order chi connectivity index (χ0) is 21.8. The minimum atomic E-state index is -0.799. The van der Waals surface area contributed by atoms with Crippen LogP contribution in [-0.2, 0) is 23.9 Å². The first kappa shape index (κ1) is 21.2. The second-order valence-electron chi connectivity index (χ2n) is 10.7. The Hall–Kier alpha value is -1.67. The minimum absolute atomic E-state index is 0.0263. The number of aliphatic hydroxyl groups excluding tert-OH is 1. The summed E-state index contributed by atoms with van der Waals surface area (Å²) in [5, 5.41) is 10.3. The van der Waals surface area contributed by atoms with Crippen LogP contribution in [0.15, 0.2) is 0 Å². The van der Waals surface area contributed by atoms with Crippen molar-refractivity contribution in [2.24, 2.45) is 23.2 Å². The molecule has 8 heteroatoms. The van der Waals surface area contributed by atoms with Crippen molar-refractivity contribution in [2.45, 2.75) is 70.1 Å². The molecule has 0 aromatic carbocycles. The second-order valence-corrected chi connectivity index (χ2v) is 10.7. The summed E-state index contributed by atoms with van der Waals surface area (Å²) in [6.45, 7) is 3.18. The number of carbonyl (C=O) groups is 3. The Morgan fingerprint density at radius 3 is 2.29 bits per heavy atom. The van der Waals surface area contributed by atoms with E-state index in [2.05, 4.69) is 0 Å². The average Bonchev–Trinajstić information content (AvgIpc) is 3.12. The molecule has 2 saturated heterocycles. The molecule has 0 radical (unpaired) electrons. The molecule has 2 aliphatic heterocycles. The van der Waals surface area contributed by atoms with Gasteiger partial charge in [-0.05, 0) is 63.2 Å². The molecule has 4 saturated carbocycles. The molecule has 4 bridgehead atoms. The molecule has 6 fully saturated rings. The van der Waals surface area contributed by atoms with E-state index in [9.17, 15) is 19.5 Å². The van der Waals surface area contributed by atoms with Gasteiger partial charge in [0.2, 0.25) is 5.91 Å². The molecule has 2 heterocycles. The van der Waals surface area contributed by atoms with E-state index in [1.54, 1.807) is 9.80 Å². The van der Waals surface area contributed by atoms with E-state index in [-0.39, 0.29) is 42.9 Å². The van der Waals surface area contributed by atoms with Gasteiger partial charge in [-0.2, -0.15) is 0 Å². The number of aliphatic hydroxyl groups is 1. The summed E-state index contributed by atoms with van der Waals surface area (Å²) >= 11 is 0. The third-order valence-corrected chi connectivity index (χ3v) is 8.24. The number of carbonyl (C=O) groups excluding carboxylic acids is 3. The van der Waals surface area contributed by atoms with Crippen molar-refractivity contribution in [3.63, 3.8) is 0 Å². The Balaban J connectivity index is 1.23.